The zero-order valence-corrected chi connectivity index (χ0v) is 22.2. The number of rotatable bonds is 5. The number of likely N-dealkylation sites (tertiary alicyclic amines) is 1. The number of aryl methyl sites for hydroxylation is 2. The molecule has 3 amide bonds. The van der Waals surface area contributed by atoms with E-state index in [0.717, 1.165) is 22.4 Å². The Bertz CT molecular complexity index is 1370. The lowest BCUT2D eigenvalue weighted by Gasteiger charge is -2.35. The fraction of sp³-hybridized carbons (Fsp3) is 0.387. The van der Waals surface area contributed by atoms with Gasteiger partial charge in [-0.1, -0.05) is 66.8 Å². The van der Waals surface area contributed by atoms with Crippen molar-refractivity contribution >= 4 is 23.4 Å². The van der Waals surface area contributed by atoms with Crippen molar-refractivity contribution in [2.75, 3.05) is 31.1 Å². The summed E-state index contributed by atoms with van der Waals surface area (Å²) in [6.45, 7) is 4.76. The van der Waals surface area contributed by atoms with Crippen molar-refractivity contribution in [2.24, 2.45) is 11.8 Å². The number of β-amino-alcohol motifs (C(OH)–C–C–N with tert-alkyl or cyclic N) is 1. The summed E-state index contributed by atoms with van der Waals surface area (Å²) in [4.78, 5) is 47.3. The van der Waals surface area contributed by atoms with Crippen LogP contribution in [0.5, 0.6) is 0 Å². The molecule has 2 saturated heterocycles. The highest BCUT2D eigenvalue weighted by molar-refractivity contribution is 6.06. The second kappa shape index (κ2) is 9.77. The van der Waals surface area contributed by atoms with Gasteiger partial charge in [-0.05, 0) is 36.6 Å². The number of nitrogens with zero attached hydrogens (tertiary/aromatic N) is 3. The molecule has 4 heterocycles. The van der Waals surface area contributed by atoms with Crippen LogP contribution in [0.3, 0.4) is 0 Å². The fourth-order valence-corrected chi connectivity index (χ4v) is 6.71. The number of carbonyl (C=O) groups is 3. The van der Waals surface area contributed by atoms with Gasteiger partial charge in [0.25, 0.3) is 5.91 Å². The summed E-state index contributed by atoms with van der Waals surface area (Å²) < 4.78 is 6.65. The standard InChI is InChI=1S/C31H33N3O5/c1-20-11-12-21(2)23(18-20)33-15-7-13-31-26(29(37)34(16-17-35)27(31)30(33)38)25-24(39-31)10-6-14-32(28(25)36)19-22-8-4-3-5-9-22/h3-13,18,24-27,35H,14-17,19H2,1-2H3/t24-,25+,26+,27?,31+/m1/s1. The third-order valence-electron chi connectivity index (χ3n) is 8.45. The summed E-state index contributed by atoms with van der Waals surface area (Å²) in [5.74, 6) is -2.40. The fourth-order valence-electron chi connectivity index (χ4n) is 6.71. The van der Waals surface area contributed by atoms with Crippen LogP contribution in [0.4, 0.5) is 5.69 Å². The Kier molecular flexibility index (Phi) is 6.40. The normalized spacial score (nSPS) is 29.8. The first-order valence-corrected chi connectivity index (χ1v) is 13.5. The number of hydrogen-bond donors (Lipinski definition) is 1. The van der Waals surface area contributed by atoms with E-state index in [0.29, 0.717) is 19.6 Å². The van der Waals surface area contributed by atoms with E-state index in [2.05, 4.69) is 0 Å². The van der Waals surface area contributed by atoms with Crippen molar-refractivity contribution in [3.8, 4) is 0 Å². The Morgan fingerprint density at radius 3 is 2.54 bits per heavy atom. The zero-order chi connectivity index (χ0) is 27.3. The van der Waals surface area contributed by atoms with Gasteiger partial charge in [0.1, 0.15) is 11.6 Å². The molecule has 5 atom stereocenters. The maximum atomic E-state index is 14.3. The van der Waals surface area contributed by atoms with E-state index in [1.54, 1.807) is 9.80 Å². The third kappa shape index (κ3) is 4.01. The van der Waals surface area contributed by atoms with Crippen LogP contribution in [0.25, 0.3) is 0 Å². The number of anilines is 1. The predicted molar refractivity (Wildman–Crippen MR) is 146 cm³/mol. The van der Waals surface area contributed by atoms with Crippen molar-refractivity contribution in [1.29, 1.82) is 0 Å². The van der Waals surface area contributed by atoms with Crippen molar-refractivity contribution < 1.29 is 24.2 Å². The van der Waals surface area contributed by atoms with E-state index in [1.807, 2.05) is 86.7 Å². The first-order chi connectivity index (χ1) is 18.9. The minimum absolute atomic E-state index is 0.0134. The maximum Gasteiger partial charge on any atom is 0.253 e. The molecule has 2 aromatic carbocycles. The van der Waals surface area contributed by atoms with Crippen LogP contribution in [-0.2, 0) is 25.7 Å². The summed E-state index contributed by atoms with van der Waals surface area (Å²) in [5, 5.41) is 9.89. The van der Waals surface area contributed by atoms with Crippen molar-refractivity contribution in [3.05, 3.63) is 89.5 Å². The maximum absolute atomic E-state index is 14.3. The zero-order valence-electron chi connectivity index (χ0n) is 22.2. The minimum atomic E-state index is -1.30. The molecule has 0 bridgehead atoms. The molecule has 4 aliphatic heterocycles. The van der Waals surface area contributed by atoms with Gasteiger partial charge in [0, 0.05) is 31.9 Å². The molecule has 8 heteroatoms. The second-order valence-corrected chi connectivity index (χ2v) is 10.9. The topological polar surface area (TPSA) is 90.4 Å². The Balaban J connectivity index is 1.40. The molecule has 0 saturated carbocycles. The molecule has 4 aliphatic rings. The largest absolute Gasteiger partial charge is 0.395 e. The number of fused-ring (bicyclic) bond motifs is 2. The molecule has 6 rings (SSSR count). The summed E-state index contributed by atoms with van der Waals surface area (Å²) in [7, 11) is 0. The van der Waals surface area contributed by atoms with Crippen LogP contribution in [0.15, 0.2) is 72.8 Å². The molecule has 8 nitrogen and oxygen atoms in total. The van der Waals surface area contributed by atoms with Crippen molar-refractivity contribution in [2.45, 2.75) is 38.1 Å². The van der Waals surface area contributed by atoms with E-state index < -0.39 is 29.6 Å². The Morgan fingerprint density at radius 1 is 0.974 bits per heavy atom. The van der Waals surface area contributed by atoms with E-state index in [-0.39, 0.29) is 30.9 Å². The monoisotopic (exact) mass is 527 g/mol. The number of aliphatic hydroxyl groups excluding tert-OH is 1. The van der Waals surface area contributed by atoms with Gasteiger partial charge in [-0.15, -0.1) is 0 Å². The summed E-state index contributed by atoms with van der Waals surface area (Å²) >= 11 is 0. The molecule has 39 heavy (non-hydrogen) atoms. The number of hydrogen-bond acceptors (Lipinski definition) is 5. The summed E-state index contributed by atoms with van der Waals surface area (Å²) in [6.07, 6.45) is 6.86. The number of ether oxygens (including phenoxy) is 1. The van der Waals surface area contributed by atoms with Crippen LogP contribution >= 0.6 is 0 Å². The van der Waals surface area contributed by atoms with Gasteiger partial charge in [-0.2, -0.15) is 0 Å². The van der Waals surface area contributed by atoms with Gasteiger partial charge in [0.15, 0.2) is 0 Å². The molecular weight excluding hydrogens is 494 g/mol. The number of amides is 3. The molecule has 202 valence electrons. The lowest BCUT2D eigenvalue weighted by atomic mass is 9.77. The molecule has 2 aromatic rings. The minimum Gasteiger partial charge on any atom is -0.395 e. The molecule has 1 spiro atoms. The second-order valence-electron chi connectivity index (χ2n) is 10.9. The number of aliphatic hydroxyl groups is 1. The summed E-state index contributed by atoms with van der Waals surface area (Å²) in [6, 6.07) is 14.7. The molecular formula is C31H33N3O5. The van der Waals surface area contributed by atoms with Crippen LogP contribution < -0.4 is 4.90 Å². The SMILES string of the molecule is Cc1ccc(C)c(N2CC=C[C@]34O[C@@H]5C=CCN(Cc6ccccc6)C(=O)[C@@H]5[C@H]3C(=O)N(CCO)C4C2=O)c1. The highest BCUT2D eigenvalue weighted by atomic mass is 16.5. The number of carbonyl (C=O) groups excluding carboxylic acids is 3. The lowest BCUT2D eigenvalue weighted by Crippen LogP contribution is -2.55. The van der Waals surface area contributed by atoms with Gasteiger partial charge < -0.3 is 24.5 Å². The molecule has 1 unspecified atom stereocenters. The van der Waals surface area contributed by atoms with Gasteiger partial charge in [-0.25, -0.2) is 0 Å². The van der Waals surface area contributed by atoms with Gasteiger partial charge in [0.2, 0.25) is 11.8 Å². The van der Waals surface area contributed by atoms with Crippen LogP contribution in [0.1, 0.15) is 16.7 Å². The Labute approximate surface area is 228 Å². The van der Waals surface area contributed by atoms with E-state index in [9.17, 15) is 19.5 Å². The van der Waals surface area contributed by atoms with E-state index in [4.69, 9.17) is 4.74 Å². The first kappa shape index (κ1) is 25.5. The number of benzene rings is 2. The molecule has 2 fully saturated rings. The van der Waals surface area contributed by atoms with Crippen LogP contribution in [0, 0.1) is 25.7 Å². The van der Waals surface area contributed by atoms with Gasteiger partial charge in [-0.3, -0.25) is 14.4 Å². The summed E-state index contributed by atoms with van der Waals surface area (Å²) in [5.41, 5.74) is 2.44. The molecule has 0 radical (unpaired) electrons. The van der Waals surface area contributed by atoms with Gasteiger partial charge >= 0.3 is 0 Å². The van der Waals surface area contributed by atoms with E-state index >= 15 is 0 Å². The average molecular weight is 528 g/mol. The van der Waals surface area contributed by atoms with Crippen molar-refractivity contribution in [1.82, 2.24) is 9.80 Å². The van der Waals surface area contributed by atoms with Gasteiger partial charge in [0.05, 0.1) is 24.5 Å². The quantitative estimate of drug-likeness (QED) is 0.603. The lowest BCUT2D eigenvalue weighted by molar-refractivity contribution is -0.145. The predicted octanol–water partition coefficient (Wildman–Crippen LogP) is 2.38. The van der Waals surface area contributed by atoms with E-state index in [1.165, 1.54) is 4.90 Å². The van der Waals surface area contributed by atoms with Crippen LogP contribution in [-0.4, -0.2) is 76.6 Å². The Morgan fingerprint density at radius 2 is 1.77 bits per heavy atom. The van der Waals surface area contributed by atoms with Crippen LogP contribution in [0.2, 0.25) is 0 Å². The molecule has 0 aromatic heterocycles. The van der Waals surface area contributed by atoms with Crippen molar-refractivity contribution in [3.63, 3.8) is 0 Å². The first-order valence-electron chi connectivity index (χ1n) is 13.5. The smallest absolute Gasteiger partial charge is 0.253 e. The third-order valence-corrected chi connectivity index (χ3v) is 8.45. The molecule has 1 N–H and O–H groups in total. The average Bonchev–Trinajstić information content (AvgIpc) is 3.24. The Hall–Kier alpha value is -3.75. The molecule has 0 aliphatic carbocycles. The highest BCUT2D eigenvalue weighted by Crippen LogP contribution is 2.53. The highest BCUT2D eigenvalue weighted by Gasteiger charge is 2.71.